The number of nitrogens with one attached hydrogen (secondary N) is 2. The number of carbonyl (C=O) groups excluding carboxylic acids is 3. The lowest BCUT2D eigenvalue weighted by atomic mass is 10.1. The van der Waals surface area contributed by atoms with Gasteiger partial charge in [-0.2, -0.15) is 0 Å². The maximum atomic E-state index is 13.4. The van der Waals surface area contributed by atoms with Gasteiger partial charge in [0.05, 0.1) is 25.6 Å². The predicted octanol–water partition coefficient (Wildman–Crippen LogP) is 3.44. The van der Waals surface area contributed by atoms with Crippen molar-refractivity contribution in [2.24, 2.45) is 0 Å². The van der Waals surface area contributed by atoms with Crippen LogP contribution in [0.1, 0.15) is 12.0 Å². The van der Waals surface area contributed by atoms with Crippen molar-refractivity contribution in [2.75, 3.05) is 17.3 Å². The number of hydrogen-bond acceptors (Lipinski definition) is 5. The van der Waals surface area contributed by atoms with E-state index in [0.717, 1.165) is 5.56 Å². The molecule has 4 rings (SSSR count). The van der Waals surface area contributed by atoms with E-state index in [9.17, 15) is 18.8 Å². The van der Waals surface area contributed by atoms with E-state index in [-0.39, 0.29) is 18.0 Å². The van der Waals surface area contributed by atoms with E-state index in [0.29, 0.717) is 17.1 Å². The third kappa shape index (κ3) is 5.66. The highest BCUT2D eigenvalue weighted by atomic mass is 32.1. The lowest BCUT2D eigenvalue weighted by Gasteiger charge is -2.24. The predicted molar refractivity (Wildman–Crippen MR) is 137 cm³/mol. The van der Waals surface area contributed by atoms with Crippen molar-refractivity contribution in [1.29, 1.82) is 0 Å². The minimum Gasteiger partial charge on any atom is -0.497 e. The molecular formula is C26H23FN4O4S. The SMILES string of the molecule is COc1ccc(CC(=O)NN2C(=S)N(c3ccccc3)C(=O)C2CC(=O)Nc2ccc(F)cc2)cc1. The van der Waals surface area contributed by atoms with Gasteiger partial charge in [0.15, 0.2) is 0 Å². The van der Waals surface area contributed by atoms with Gasteiger partial charge in [-0.25, -0.2) is 9.40 Å². The molecule has 0 spiro atoms. The molecule has 1 aliphatic rings. The van der Waals surface area contributed by atoms with Gasteiger partial charge >= 0.3 is 0 Å². The van der Waals surface area contributed by atoms with Gasteiger partial charge in [0.25, 0.3) is 5.91 Å². The van der Waals surface area contributed by atoms with Crippen molar-refractivity contribution in [3.63, 3.8) is 0 Å². The summed E-state index contributed by atoms with van der Waals surface area (Å²) in [5.74, 6) is -1.13. The summed E-state index contributed by atoms with van der Waals surface area (Å²) in [5, 5.41) is 3.94. The smallest absolute Gasteiger partial charge is 0.258 e. The zero-order valence-corrected chi connectivity index (χ0v) is 20.1. The molecule has 2 N–H and O–H groups in total. The Hall–Kier alpha value is -4.31. The Kier molecular flexibility index (Phi) is 7.55. The van der Waals surface area contributed by atoms with Crippen LogP contribution in [0.4, 0.5) is 15.8 Å². The number of para-hydroxylation sites is 1. The second kappa shape index (κ2) is 11.0. The van der Waals surface area contributed by atoms with Crippen LogP contribution >= 0.6 is 12.2 Å². The summed E-state index contributed by atoms with van der Waals surface area (Å²) in [6, 6.07) is 19.9. The van der Waals surface area contributed by atoms with Crippen LogP contribution in [-0.2, 0) is 20.8 Å². The first-order valence-electron chi connectivity index (χ1n) is 11.1. The highest BCUT2D eigenvalue weighted by Gasteiger charge is 2.45. The number of hydrogen-bond donors (Lipinski definition) is 2. The summed E-state index contributed by atoms with van der Waals surface area (Å²) in [6.45, 7) is 0. The number of thiocarbonyl (C=S) groups is 1. The second-order valence-electron chi connectivity index (χ2n) is 8.00. The van der Waals surface area contributed by atoms with Gasteiger partial charge < -0.3 is 10.1 Å². The fourth-order valence-electron chi connectivity index (χ4n) is 3.74. The first kappa shape index (κ1) is 24.8. The van der Waals surface area contributed by atoms with Gasteiger partial charge in [-0.15, -0.1) is 0 Å². The molecule has 36 heavy (non-hydrogen) atoms. The van der Waals surface area contributed by atoms with Crippen LogP contribution in [-0.4, -0.2) is 41.0 Å². The van der Waals surface area contributed by atoms with E-state index in [1.165, 1.54) is 34.2 Å². The molecule has 10 heteroatoms. The second-order valence-corrected chi connectivity index (χ2v) is 8.36. The van der Waals surface area contributed by atoms with Gasteiger partial charge in [-0.05, 0) is 66.3 Å². The number of hydrazine groups is 1. The Balaban J connectivity index is 1.52. The van der Waals surface area contributed by atoms with E-state index in [2.05, 4.69) is 10.7 Å². The normalized spacial score (nSPS) is 15.1. The van der Waals surface area contributed by atoms with Crippen molar-refractivity contribution in [1.82, 2.24) is 10.4 Å². The van der Waals surface area contributed by atoms with Gasteiger partial charge in [-0.3, -0.25) is 24.7 Å². The van der Waals surface area contributed by atoms with Crippen LogP contribution in [0.2, 0.25) is 0 Å². The third-order valence-electron chi connectivity index (χ3n) is 5.50. The lowest BCUT2D eigenvalue weighted by Crippen LogP contribution is -2.50. The first-order valence-corrected chi connectivity index (χ1v) is 11.5. The molecule has 0 aliphatic carbocycles. The van der Waals surface area contributed by atoms with Crippen molar-refractivity contribution in [3.8, 4) is 5.75 Å². The van der Waals surface area contributed by atoms with Gasteiger partial charge in [0.2, 0.25) is 16.9 Å². The van der Waals surface area contributed by atoms with Crippen LogP contribution < -0.4 is 20.4 Å². The van der Waals surface area contributed by atoms with E-state index in [1.54, 1.807) is 61.7 Å². The van der Waals surface area contributed by atoms with Crippen molar-refractivity contribution < 1.29 is 23.5 Å². The van der Waals surface area contributed by atoms with E-state index in [1.807, 2.05) is 0 Å². The number of rotatable bonds is 8. The average molecular weight is 507 g/mol. The monoisotopic (exact) mass is 506 g/mol. The van der Waals surface area contributed by atoms with Crippen LogP contribution in [0.25, 0.3) is 0 Å². The maximum Gasteiger partial charge on any atom is 0.258 e. The van der Waals surface area contributed by atoms with Gasteiger partial charge in [0.1, 0.15) is 17.6 Å². The first-order chi connectivity index (χ1) is 17.4. The topological polar surface area (TPSA) is 91.0 Å². The molecule has 0 aromatic heterocycles. The molecule has 1 unspecified atom stereocenters. The molecule has 1 heterocycles. The summed E-state index contributed by atoms with van der Waals surface area (Å²) in [5.41, 5.74) is 4.32. The Labute approximate surface area is 212 Å². The number of nitrogens with zero attached hydrogens (tertiary/aromatic N) is 2. The third-order valence-corrected chi connectivity index (χ3v) is 5.88. The molecule has 1 fully saturated rings. The Bertz CT molecular complexity index is 1270. The Morgan fingerprint density at radius 3 is 2.28 bits per heavy atom. The zero-order chi connectivity index (χ0) is 25.7. The minimum absolute atomic E-state index is 0.0249. The summed E-state index contributed by atoms with van der Waals surface area (Å²) in [6.07, 6.45) is -0.264. The molecule has 184 valence electrons. The number of methoxy groups -OCH3 is 1. The van der Waals surface area contributed by atoms with Crippen molar-refractivity contribution in [2.45, 2.75) is 18.9 Å². The molecule has 0 saturated carbocycles. The van der Waals surface area contributed by atoms with Crippen LogP contribution in [0.3, 0.4) is 0 Å². The number of ether oxygens (including phenoxy) is 1. The molecule has 1 saturated heterocycles. The molecule has 8 nitrogen and oxygen atoms in total. The Morgan fingerprint density at radius 1 is 0.972 bits per heavy atom. The van der Waals surface area contributed by atoms with Gasteiger partial charge in [-0.1, -0.05) is 30.3 Å². The summed E-state index contributed by atoms with van der Waals surface area (Å²) in [4.78, 5) is 40.3. The summed E-state index contributed by atoms with van der Waals surface area (Å²) < 4.78 is 18.3. The molecule has 1 atom stereocenters. The number of anilines is 2. The van der Waals surface area contributed by atoms with Crippen LogP contribution in [0.15, 0.2) is 78.9 Å². The summed E-state index contributed by atoms with van der Waals surface area (Å²) >= 11 is 5.54. The van der Waals surface area contributed by atoms with E-state index < -0.39 is 29.6 Å². The minimum atomic E-state index is -1.07. The summed E-state index contributed by atoms with van der Waals surface area (Å²) in [7, 11) is 1.55. The molecule has 3 amide bonds. The molecular weight excluding hydrogens is 483 g/mol. The molecule has 1 aliphatic heterocycles. The molecule has 3 aromatic carbocycles. The van der Waals surface area contributed by atoms with Gasteiger partial charge in [0, 0.05) is 5.69 Å². The fraction of sp³-hybridized carbons (Fsp3) is 0.154. The van der Waals surface area contributed by atoms with Crippen molar-refractivity contribution >= 4 is 46.4 Å². The quantitative estimate of drug-likeness (QED) is 0.455. The number of carbonyl (C=O) groups is 3. The maximum absolute atomic E-state index is 13.4. The molecule has 0 radical (unpaired) electrons. The fourth-order valence-corrected chi connectivity index (χ4v) is 4.11. The average Bonchev–Trinajstić information content (AvgIpc) is 3.10. The molecule has 0 bridgehead atoms. The number of benzene rings is 3. The standard InChI is InChI=1S/C26H23FN4O4S/c1-35-21-13-7-17(8-14-21)15-24(33)29-31-22(16-23(32)28-19-11-9-18(27)10-12-19)25(34)30(26(31)36)20-5-3-2-4-6-20/h2-14,22H,15-16H2,1H3,(H,28,32)(H,29,33). The van der Waals surface area contributed by atoms with Crippen LogP contribution in [0, 0.1) is 5.82 Å². The Morgan fingerprint density at radius 2 is 1.64 bits per heavy atom. The highest BCUT2D eigenvalue weighted by Crippen LogP contribution is 2.26. The van der Waals surface area contributed by atoms with E-state index >= 15 is 0 Å². The number of amides is 3. The zero-order valence-electron chi connectivity index (χ0n) is 19.3. The number of halogens is 1. The van der Waals surface area contributed by atoms with Crippen LogP contribution in [0.5, 0.6) is 5.75 Å². The largest absolute Gasteiger partial charge is 0.497 e. The molecule has 3 aromatic rings. The van der Waals surface area contributed by atoms with Crippen molar-refractivity contribution in [3.05, 3.63) is 90.2 Å². The lowest BCUT2D eigenvalue weighted by molar-refractivity contribution is -0.128. The van der Waals surface area contributed by atoms with E-state index in [4.69, 9.17) is 17.0 Å². The highest BCUT2D eigenvalue weighted by molar-refractivity contribution is 7.80.